The first kappa shape index (κ1) is 14.0. The van der Waals surface area contributed by atoms with Crippen molar-refractivity contribution in [1.29, 1.82) is 0 Å². The van der Waals surface area contributed by atoms with Gasteiger partial charge in [0.15, 0.2) is 0 Å². The van der Waals surface area contributed by atoms with Gasteiger partial charge in [-0.1, -0.05) is 15.9 Å². The number of nitrogens with zero attached hydrogens (tertiary/aromatic N) is 3. The highest BCUT2D eigenvalue weighted by atomic mass is 79.9. The summed E-state index contributed by atoms with van der Waals surface area (Å²) in [5.41, 5.74) is 0.444. The summed E-state index contributed by atoms with van der Waals surface area (Å²) >= 11 is 3.29. The number of rotatable bonds is 2. The van der Waals surface area contributed by atoms with E-state index in [0.29, 0.717) is 5.69 Å². The van der Waals surface area contributed by atoms with Gasteiger partial charge in [0, 0.05) is 18.6 Å². The molecular formula is C11H12BrN3O3S. The molecule has 1 amide bonds. The Morgan fingerprint density at radius 1 is 1.42 bits per heavy atom. The lowest BCUT2D eigenvalue weighted by atomic mass is 10.3. The molecule has 19 heavy (non-hydrogen) atoms. The molecule has 1 aromatic rings. The molecule has 0 saturated heterocycles. The summed E-state index contributed by atoms with van der Waals surface area (Å²) in [6, 6.07) is 4.75. The van der Waals surface area contributed by atoms with Gasteiger partial charge in [0.1, 0.15) is 17.8 Å². The molecule has 2 rings (SSSR count). The molecule has 0 aromatic heterocycles. The minimum absolute atomic E-state index is 0.0372. The Bertz CT molecular complexity index is 655. The van der Waals surface area contributed by atoms with Crippen LogP contribution in [-0.2, 0) is 14.8 Å². The van der Waals surface area contributed by atoms with Crippen LogP contribution in [0.4, 0.5) is 5.69 Å². The molecule has 8 heteroatoms. The van der Waals surface area contributed by atoms with Crippen molar-refractivity contribution in [3.63, 3.8) is 0 Å². The molecule has 102 valence electrons. The van der Waals surface area contributed by atoms with Crippen molar-refractivity contribution >= 4 is 43.9 Å². The molecule has 0 unspecified atom stereocenters. The molecule has 0 N–H and O–H groups in total. The smallest absolute Gasteiger partial charge is 0.285 e. The molecule has 6 nitrogen and oxygen atoms in total. The topological polar surface area (TPSA) is 70.1 Å². The van der Waals surface area contributed by atoms with Crippen molar-refractivity contribution in [2.45, 2.75) is 4.90 Å². The van der Waals surface area contributed by atoms with Crippen LogP contribution in [0.1, 0.15) is 0 Å². The predicted octanol–water partition coefficient (Wildman–Crippen LogP) is 1.07. The second kappa shape index (κ2) is 4.93. The number of amides is 1. The second-order valence-corrected chi connectivity index (χ2v) is 6.74. The molecular weight excluding hydrogens is 334 g/mol. The molecule has 1 aromatic carbocycles. The third-order valence-corrected chi connectivity index (χ3v) is 4.40. The maximum absolute atomic E-state index is 11.8. The zero-order valence-electron chi connectivity index (χ0n) is 10.4. The molecule has 1 heterocycles. The van der Waals surface area contributed by atoms with Crippen LogP contribution in [0.2, 0.25) is 0 Å². The van der Waals surface area contributed by atoms with Crippen LogP contribution >= 0.6 is 15.9 Å². The Kier molecular flexibility index (Phi) is 3.64. The minimum Gasteiger partial charge on any atom is -0.347 e. The SMILES string of the molecule is CN(C)C(=O)CN1C=NS(=O)(=O)c2ccc(Br)cc21. The Balaban J connectivity index is 2.45. The van der Waals surface area contributed by atoms with Gasteiger partial charge < -0.3 is 9.80 Å². The van der Waals surface area contributed by atoms with Gasteiger partial charge in [-0.2, -0.15) is 8.42 Å². The number of carbonyl (C=O) groups excluding carboxylic acids is 1. The number of likely N-dealkylation sites (N-methyl/N-ethyl adjacent to an activating group) is 1. The van der Waals surface area contributed by atoms with E-state index in [1.807, 2.05) is 0 Å². The number of fused-ring (bicyclic) bond motifs is 1. The summed E-state index contributed by atoms with van der Waals surface area (Å²) in [7, 11) is -0.384. The van der Waals surface area contributed by atoms with E-state index in [4.69, 9.17) is 0 Å². The molecule has 0 saturated carbocycles. The average Bonchev–Trinajstić information content (AvgIpc) is 2.32. The fraction of sp³-hybridized carbons (Fsp3) is 0.273. The van der Waals surface area contributed by atoms with E-state index in [0.717, 1.165) is 4.47 Å². The van der Waals surface area contributed by atoms with Crippen molar-refractivity contribution in [2.24, 2.45) is 4.40 Å². The van der Waals surface area contributed by atoms with Crippen LogP contribution in [0.5, 0.6) is 0 Å². The van der Waals surface area contributed by atoms with Crippen LogP contribution in [0.3, 0.4) is 0 Å². The highest BCUT2D eigenvalue weighted by Crippen LogP contribution is 2.32. The average molecular weight is 346 g/mol. The molecule has 0 spiro atoms. The number of carbonyl (C=O) groups is 1. The van der Waals surface area contributed by atoms with Crippen LogP contribution in [0.25, 0.3) is 0 Å². The van der Waals surface area contributed by atoms with E-state index in [9.17, 15) is 13.2 Å². The number of anilines is 1. The van der Waals surface area contributed by atoms with E-state index < -0.39 is 10.0 Å². The summed E-state index contributed by atoms with van der Waals surface area (Å²) < 4.78 is 27.9. The highest BCUT2D eigenvalue weighted by Gasteiger charge is 2.26. The van der Waals surface area contributed by atoms with Gasteiger partial charge in [-0.25, -0.2) is 0 Å². The summed E-state index contributed by atoms with van der Waals surface area (Å²) in [4.78, 5) is 14.8. The van der Waals surface area contributed by atoms with Crippen molar-refractivity contribution in [3.05, 3.63) is 22.7 Å². The molecule has 0 fully saturated rings. The van der Waals surface area contributed by atoms with Crippen molar-refractivity contribution < 1.29 is 13.2 Å². The van der Waals surface area contributed by atoms with E-state index in [-0.39, 0.29) is 17.3 Å². The van der Waals surface area contributed by atoms with Gasteiger partial charge in [0.05, 0.1) is 5.69 Å². The normalized spacial score (nSPS) is 16.1. The van der Waals surface area contributed by atoms with Gasteiger partial charge in [0.25, 0.3) is 10.0 Å². The van der Waals surface area contributed by atoms with E-state index in [2.05, 4.69) is 20.3 Å². The van der Waals surface area contributed by atoms with Crippen molar-refractivity contribution in [2.75, 3.05) is 25.5 Å². The second-order valence-electron chi connectivity index (χ2n) is 4.22. The van der Waals surface area contributed by atoms with Gasteiger partial charge in [0.2, 0.25) is 5.91 Å². The quantitative estimate of drug-likeness (QED) is 0.803. The number of sulfonamides is 1. The highest BCUT2D eigenvalue weighted by molar-refractivity contribution is 9.10. The fourth-order valence-corrected chi connectivity index (χ4v) is 2.97. The number of halogens is 1. The summed E-state index contributed by atoms with van der Waals surface area (Å²) in [6.07, 6.45) is 1.17. The molecule has 0 atom stereocenters. The molecule has 0 aliphatic carbocycles. The lowest BCUT2D eigenvalue weighted by molar-refractivity contribution is -0.127. The molecule has 1 aliphatic rings. The lowest BCUT2D eigenvalue weighted by Gasteiger charge is -2.25. The first-order valence-corrected chi connectivity index (χ1v) is 7.61. The van der Waals surface area contributed by atoms with E-state index in [1.54, 1.807) is 26.2 Å². The summed E-state index contributed by atoms with van der Waals surface area (Å²) in [6.45, 7) is 0.0372. The number of hydrogen-bond acceptors (Lipinski definition) is 4. The largest absolute Gasteiger partial charge is 0.347 e. The molecule has 0 bridgehead atoms. The van der Waals surface area contributed by atoms with Gasteiger partial charge >= 0.3 is 0 Å². The van der Waals surface area contributed by atoms with E-state index >= 15 is 0 Å². The Hall–Kier alpha value is -1.41. The standard InChI is InChI=1S/C11H12BrN3O3S/c1-14(2)11(16)6-15-7-13-19(17,18)10-4-3-8(12)5-9(10)15/h3-5,7H,6H2,1-2H3. The van der Waals surface area contributed by atoms with Gasteiger partial charge in [-0.3, -0.25) is 4.79 Å². The fourth-order valence-electron chi connectivity index (χ4n) is 1.58. The number of benzene rings is 1. The first-order chi connectivity index (χ1) is 8.81. The van der Waals surface area contributed by atoms with Crippen molar-refractivity contribution in [3.8, 4) is 0 Å². The maximum Gasteiger partial charge on any atom is 0.285 e. The third kappa shape index (κ3) is 2.79. The van der Waals surface area contributed by atoms with Crippen LogP contribution in [0.15, 0.2) is 32.0 Å². The van der Waals surface area contributed by atoms with Crippen LogP contribution in [-0.4, -0.2) is 46.2 Å². The monoisotopic (exact) mass is 345 g/mol. The Morgan fingerprint density at radius 3 is 2.74 bits per heavy atom. The lowest BCUT2D eigenvalue weighted by Crippen LogP contribution is -2.38. The Morgan fingerprint density at radius 2 is 2.11 bits per heavy atom. The predicted molar refractivity (Wildman–Crippen MR) is 75.9 cm³/mol. The zero-order chi connectivity index (χ0) is 14.2. The van der Waals surface area contributed by atoms with E-state index in [1.165, 1.54) is 22.2 Å². The van der Waals surface area contributed by atoms with Crippen LogP contribution < -0.4 is 4.90 Å². The summed E-state index contributed by atoms with van der Waals surface area (Å²) in [5, 5.41) is 0. The van der Waals surface area contributed by atoms with Gasteiger partial charge in [-0.15, -0.1) is 4.40 Å². The number of hydrogen-bond donors (Lipinski definition) is 0. The first-order valence-electron chi connectivity index (χ1n) is 5.38. The molecule has 0 radical (unpaired) electrons. The molecule has 1 aliphatic heterocycles. The maximum atomic E-state index is 11.8. The van der Waals surface area contributed by atoms with Gasteiger partial charge in [-0.05, 0) is 18.2 Å². The zero-order valence-corrected chi connectivity index (χ0v) is 12.8. The van der Waals surface area contributed by atoms with Crippen LogP contribution in [0, 0.1) is 0 Å². The van der Waals surface area contributed by atoms with Crippen molar-refractivity contribution in [1.82, 2.24) is 4.90 Å². The third-order valence-electron chi connectivity index (χ3n) is 2.64. The summed E-state index contributed by atoms with van der Waals surface area (Å²) in [5.74, 6) is -0.142. The minimum atomic E-state index is -3.67. The Labute approximate surface area is 119 Å².